The molecule has 1 rings (SSSR count). The van der Waals surface area contributed by atoms with Gasteiger partial charge in [0.25, 0.3) is 0 Å². The van der Waals surface area contributed by atoms with Crippen molar-refractivity contribution in [2.45, 2.75) is 123 Å². The van der Waals surface area contributed by atoms with Crippen molar-refractivity contribution in [3.63, 3.8) is 0 Å². The van der Waals surface area contributed by atoms with Crippen LogP contribution in [0.15, 0.2) is 30.3 Å². The fraction of sp³-hybridized carbons (Fsp3) is 0.615. The number of aliphatic hydroxyl groups is 2. The third-order valence-corrected chi connectivity index (χ3v) is 9.13. The molecule has 4 amide bonds. The third-order valence-electron chi connectivity index (χ3n) is 9.13. The predicted octanol–water partition coefficient (Wildman–Crippen LogP) is 0.958. The molecule has 0 aliphatic heterocycles. The number of carbonyl (C=O) groups is 9. The zero-order valence-corrected chi connectivity index (χ0v) is 32.4. The number of amides is 4. The highest BCUT2D eigenvalue weighted by Crippen LogP contribution is 2.20. The fourth-order valence-electron chi connectivity index (χ4n) is 6.08. The summed E-state index contributed by atoms with van der Waals surface area (Å²) in [6.45, 7) is 7.07. The molecule has 0 aliphatic carbocycles. The number of benzene rings is 1. The molecule has 0 fully saturated rings. The second kappa shape index (κ2) is 24.6. The van der Waals surface area contributed by atoms with Gasteiger partial charge in [0.2, 0.25) is 23.6 Å². The Morgan fingerprint density at radius 3 is 1.78 bits per heavy atom. The number of primary amides is 1. The molecule has 0 heterocycles. The Labute approximate surface area is 321 Å². The summed E-state index contributed by atoms with van der Waals surface area (Å²) in [6.07, 6.45) is -3.87. The molecule has 306 valence electrons. The number of carboxylic acids is 1. The van der Waals surface area contributed by atoms with Crippen LogP contribution in [0.4, 0.5) is 0 Å². The minimum Gasteiger partial charge on any atom is -0.481 e. The molecule has 1 unspecified atom stereocenters. The summed E-state index contributed by atoms with van der Waals surface area (Å²) in [4.78, 5) is 115. The van der Waals surface area contributed by atoms with Crippen molar-refractivity contribution in [2.75, 3.05) is 6.61 Å². The van der Waals surface area contributed by atoms with E-state index in [-0.39, 0.29) is 49.6 Å². The quantitative estimate of drug-likeness (QED) is 0.0627. The largest absolute Gasteiger partial charge is 0.481 e. The number of nitrogens with two attached hydrogens (primary N) is 1. The molecule has 16 heteroatoms. The highest BCUT2D eigenvalue weighted by atomic mass is 16.4. The summed E-state index contributed by atoms with van der Waals surface area (Å²) >= 11 is 0. The average molecular weight is 775 g/mol. The van der Waals surface area contributed by atoms with Crippen LogP contribution in [0.3, 0.4) is 0 Å². The Morgan fingerprint density at radius 2 is 1.27 bits per heavy atom. The van der Waals surface area contributed by atoms with E-state index < -0.39 is 115 Å². The molecule has 16 nitrogen and oxygen atoms in total. The van der Waals surface area contributed by atoms with Gasteiger partial charge in [-0.25, -0.2) is 0 Å². The number of hydrogen-bond acceptors (Lipinski definition) is 11. The lowest BCUT2D eigenvalue weighted by molar-refractivity contribution is -0.139. The first-order valence-corrected chi connectivity index (χ1v) is 18.6. The number of aliphatic carboxylic acids is 1. The SMILES string of the molecule is CCC(=O)[C@H](Cc1ccccc1)NC(=O)[C@@H](CC(=O)[C@H](CCC(=O)O)NC(=O)[C@H](CCC(N)=O)CC(=O)[C@H](CO)NC(=O)[C@@H](CC(C)=O)CC(C)C)C(C)O. The van der Waals surface area contributed by atoms with Crippen molar-refractivity contribution in [2.24, 2.45) is 29.4 Å². The molecular weight excluding hydrogens is 716 g/mol. The van der Waals surface area contributed by atoms with E-state index in [0.717, 1.165) is 5.56 Å². The lowest BCUT2D eigenvalue weighted by Gasteiger charge is -2.26. The molecule has 1 aromatic carbocycles. The lowest BCUT2D eigenvalue weighted by Crippen LogP contribution is -2.50. The summed E-state index contributed by atoms with van der Waals surface area (Å²) in [6, 6.07) is 4.93. The molecule has 0 saturated heterocycles. The maximum atomic E-state index is 13.7. The number of hydrogen-bond donors (Lipinski definition) is 7. The first-order chi connectivity index (χ1) is 25.8. The van der Waals surface area contributed by atoms with Crippen LogP contribution in [-0.2, 0) is 49.6 Å². The molecule has 7 atom stereocenters. The highest BCUT2D eigenvalue weighted by molar-refractivity contribution is 5.97. The molecule has 0 aliphatic rings. The van der Waals surface area contributed by atoms with Crippen LogP contribution in [0.2, 0.25) is 0 Å². The average Bonchev–Trinajstić information content (AvgIpc) is 3.11. The standard InChI is InChI=1S/C39H58N4O12/c1-6-32(47)30(18-25-10-8-7-9-11-25)42-39(55)28(24(5)46)20-34(49)29(13-15-36(51)52)41-37(53)26(12-14-35(40)50)19-33(48)31(21-44)43-38(54)27(16-22(2)3)17-23(4)45/h7-11,22,24,26-31,44,46H,6,12-21H2,1-5H3,(H2,40,50)(H,41,53)(H,42,55)(H,43,54)(H,51,52)/t24?,26-,27-,28+,29+,30+,31+/m1/s1. The van der Waals surface area contributed by atoms with Gasteiger partial charge in [0.15, 0.2) is 17.3 Å². The number of carbonyl (C=O) groups excluding carboxylic acids is 8. The Morgan fingerprint density at radius 1 is 0.709 bits per heavy atom. The molecule has 1 aromatic rings. The van der Waals surface area contributed by atoms with Gasteiger partial charge in [0, 0.05) is 50.4 Å². The van der Waals surface area contributed by atoms with E-state index in [4.69, 9.17) is 5.73 Å². The number of ketones is 4. The number of aliphatic hydroxyl groups excluding tert-OH is 2. The monoisotopic (exact) mass is 774 g/mol. The molecule has 0 saturated carbocycles. The third kappa shape index (κ3) is 18.4. The minimum atomic E-state index is -1.52. The lowest BCUT2D eigenvalue weighted by atomic mass is 9.89. The van der Waals surface area contributed by atoms with E-state index in [2.05, 4.69) is 16.0 Å². The summed E-state index contributed by atoms with van der Waals surface area (Å²) in [5, 5.41) is 37.4. The Kier molecular flexibility index (Phi) is 21.5. The van der Waals surface area contributed by atoms with Crippen molar-refractivity contribution < 1.29 is 58.5 Å². The van der Waals surface area contributed by atoms with Gasteiger partial charge in [-0.2, -0.15) is 0 Å². The van der Waals surface area contributed by atoms with Crippen LogP contribution in [0.1, 0.15) is 98.0 Å². The van der Waals surface area contributed by atoms with Crippen LogP contribution < -0.4 is 21.7 Å². The van der Waals surface area contributed by atoms with E-state index in [1.807, 2.05) is 13.8 Å². The number of nitrogens with one attached hydrogen (secondary N) is 3. The summed E-state index contributed by atoms with van der Waals surface area (Å²) < 4.78 is 0. The predicted molar refractivity (Wildman–Crippen MR) is 200 cm³/mol. The molecule has 8 N–H and O–H groups in total. The van der Waals surface area contributed by atoms with Crippen molar-refractivity contribution in [1.29, 1.82) is 0 Å². The smallest absolute Gasteiger partial charge is 0.303 e. The van der Waals surface area contributed by atoms with Crippen molar-refractivity contribution in [1.82, 2.24) is 16.0 Å². The molecule has 0 bridgehead atoms. The van der Waals surface area contributed by atoms with Gasteiger partial charge in [-0.15, -0.1) is 0 Å². The molecule has 0 spiro atoms. The first kappa shape index (κ1) is 48.2. The van der Waals surface area contributed by atoms with Crippen molar-refractivity contribution in [3.05, 3.63) is 35.9 Å². The molecular formula is C39H58N4O12. The minimum absolute atomic E-state index is 0.0316. The summed E-state index contributed by atoms with van der Waals surface area (Å²) in [7, 11) is 0. The van der Waals surface area contributed by atoms with Crippen LogP contribution in [0.5, 0.6) is 0 Å². The zero-order chi connectivity index (χ0) is 41.8. The second-order valence-corrected chi connectivity index (χ2v) is 14.4. The summed E-state index contributed by atoms with van der Waals surface area (Å²) in [5.41, 5.74) is 6.06. The Bertz CT molecular complexity index is 1500. The topological polar surface area (TPSA) is 276 Å². The van der Waals surface area contributed by atoms with Crippen LogP contribution in [0.25, 0.3) is 0 Å². The number of carboxylic acid groups (broad SMARTS) is 1. The fourth-order valence-corrected chi connectivity index (χ4v) is 6.08. The Balaban J connectivity index is 3.27. The van der Waals surface area contributed by atoms with Crippen LogP contribution in [0, 0.1) is 23.7 Å². The van der Waals surface area contributed by atoms with E-state index in [1.165, 1.54) is 13.8 Å². The van der Waals surface area contributed by atoms with Gasteiger partial charge in [-0.3, -0.25) is 38.4 Å². The van der Waals surface area contributed by atoms with E-state index in [1.54, 1.807) is 37.3 Å². The molecule has 55 heavy (non-hydrogen) atoms. The van der Waals surface area contributed by atoms with Crippen LogP contribution in [-0.4, -0.2) is 98.9 Å². The first-order valence-electron chi connectivity index (χ1n) is 18.6. The molecule has 0 aromatic heterocycles. The maximum absolute atomic E-state index is 13.7. The Hall–Kier alpha value is -4.83. The van der Waals surface area contributed by atoms with E-state index in [9.17, 15) is 58.5 Å². The molecule has 0 radical (unpaired) electrons. The maximum Gasteiger partial charge on any atom is 0.303 e. The zero-order valence-electron chi connectivity index (χ0n) is 32.4. The van der Waals surface area contributed by atoms with Gasteiger partial charge < -0.3 is 41.8 Å². The van der Waals surface area contributed by atoms with Gasteiger partial charge >= 0.3 is 5.97 Å². The van der Waals surface area contributed by atoms with Crippen molar-refractivity contribution >= 4 is 52.7 Å². The van der Waals surface area contributed by atoms with Gasteiger partial charge in [0.1, 0.15) is 11.8 Å². The highest BCUT2D eigenvalue weighted by Gasteiger charge is 2.35. The van der Waals surface area contributed by atoms with Crippen molar-refractivity contribution in [3.8, 4) is 0 Å². The van der Waals surface area contributed by atoms with Gasteiger partial charge in [-0.05, 0) is 51.0 Å². The number of Topliss-reactive ketones (excluding diaryl/α,β-unsaturated/α-hetero) is 4. The number of rotatable bonds is 28. The van der Waals surface area contributed by atoms with E-state index >= 15 is 0 Å². The van der Waals surface area contributed by atoms with Gasteiger partial charge in [0.05, 0.1) is 30.7 Å². The van der Waals surface area contributed by atoms with E-state index in [0.29, 0.717) is 6.42 Å². The van der Waals surface area contributed by atoms with Gasteiger partial charge in [-0.1, -0.05) is 51.1 Å². The summed E-state index contributed by atoms with van der Waals surface area (Å²) in [5.74, 6) is -10.1. The second-order valence-electron chi connectivity index (χ2n) is 14.4. The van der Waals surface area contributed by atoms with Crippen LogP contribution >= 0.6 is 0 Å². The normalized spacial score (nSPS) is 15.0.